The van der Waals surface area contributed by atoms with Gasteiger partial charge in [-0.3, -0.25) is 9.59 Å². The summed E-state index contributed by atoms with van der Waals surface area (Å²) in [5, 5.41) is 12.2. The number of carbonyl (C=O) groups excluding carboxylic acids is 2. The molecule has 1 aliphatic rings. The van der Waals surface area contributed by atoms with Crippen molar-refractivity contribution in [3.8, 4) is 5.75 Å². The highest BCUT2D eigenvalue weighted by molar-refractivity contribution is 5.98. The molecular weight excluding hydrogens is 256 g/mol. The molecule has 0 spiro atoms. The predicted molar refractivity (Wildman–Crippen MR) is 75.6 cm³/mol. The van der Waals surface area contributed by atoms with Gasteiger partial charge in [0.1, 0.15) is 5.75 Å². The van der Waals surface area contributed by atoms with Crippen molar-refractivity contribution >= 4 is 11.8 Å². The summed E-state index contributed by atoms with van der Waals surface area (Å²) in [6.07, 6.45) is 3.23. The van der Waals surface area contributed by atoms with E-state index in [1.54, 1.807) is 24.0 Å². The van der Waals surface area contributed by atoms with Crippen LogP contribution >= 0.6 is 0 Å². The Morgan fingerprint density at radius 2 is 1.95 bits per heavy atom. The molecule has 0 aromatic heterocycles. The third kappa shape index (κ3) is 3.29. The zero-order chi connectivity index (χ0) is 14.5. The first kappa shape index (κ1) is 14.4. The number of hydrogen-bond acceptors (Lipinski definition) is 3. The Labute approximate surface area is 118 Å². The Morgan fingerprint density at radius 1 is 1.25 bits per heavy atom. The average molecular weight is 276 g/mol. The van der Waals surface area contributed by atoms with E-state index < -0.39 is 0 Å². The van der Waals surface area contributed by atoms with Crippen LogP contribution in [0.5, 0.6) is 5.75 Å². The normalized spacial score (nSPS) is 14.9. The van der Waals surface area contributed by atoms with E-state index in [0.29, 0.717) is 11.1 Å². The van der Waals surface area contributed by atoms with Crippen molar-refractivity contribution in [2.75, 3.05) is 19.6 Å². The lowest BCUT2D eigenvalue weighted by molar-refractivity contribution is -0.130. The van der Waals surface area contributed by atoms with Crippen LogP contribution in [0, 0.1) is 6.92 Å². The first-order valence-electron chi connectivity index (χ1n) is 6.94. The number of amides is 2. The Morgan fingerprint density at radius 3 is 2.65 bits per heavy atom. The molecule has 2 N–H and O–H groups in total. The molecule has 20 heavy (non-hydrogen) atoms. The lowest BCUT2D eigenvalue weighted by Crippen LogP contribution is -2.42. The topological polar surface area (TPSA) is 69.6 Å². The van der Waals surface area contributed by atoms with Gasteiger partial charge in [0.05, 0.1) is 6.54 Å². The van der Waals surface area contributed by atoms with Gasteiger partial charge in [-0.15, -0.1) is 0 Å². The molecule has 5 nitrogen and oxygen atoms in total. The number of likely N-dealkylation sites (tertiary alicyclic amines) is 1. The van der Waals surface area contributed by atoms with Gasteiger partial charge in [-0.25, -0.2) is 0 Å². The highest BCUT2D eigenvalue weighted by Crippen LogP contribution is 2.19. The van der Waals surface area contributed by atoms with Gasteiger partial charge in [0.25, 0.3) is 5.91 Å². The van der Waals surface area contributed by atoms with Gasteiger partial charge in [0, 0.05) is 24.2 Å². The maximum atomic E-state index is 12.0. The summed E-state index contributed by atoms with van der Waals surface area (Å²) in [5.41, 5.74) is 0.923. The average Bonchev–Trinajstić information content (AvgIpc) is 2.48. The number of nitrogens with one attached hydrogen (secondary N) is 1. The fraction of sp³-hybridized carbons (Fsp3) is 0.467. The van der Waals surface area contributed by atoms with Crippen LogP contribution in [-0.4, -0.2) is 41.5 Å². The molecule has 0 radical (unpaired) electrons. The van der Waals surface area contributed by atoms with E-state index >= 15 is 0 Å². The number of aromatic hydroxyl groups is 1. The zero-order valence-corrected chi connectivity index (χ0v) is 11.7. The minimum Gasteiger partial charge on any atom is -0.508 e. The Bertz CT molecular complexity index is 508. The van der Waals surface area contributed by atoms with Crippen LogP contribution in [0.25, 0.3) is 0 Å². The number of rotatable bonds is 3. The van der Waals surface area contributed by atoms with Crippen molar-refractivity contribution < 1.29 is 14.7 Å². The van der Waals surface area contributed by atoms with Crippen LogP contribution in [0.15, 0.2) is 18.2 Å². The summed E-state index contributed by atoms with van der Waals surface area (Å²) >= 11 is 0. The van der Waals surface area contributed by atoms with E-state index in [-0.39, 0.29) is 24.1 Å². The van der Waals surface area contributed by atoms with E-state index in [0.717, 1.165) is 25.9 Å². The molecule has 2 rings (SSSR count). The second kappa shape index (κ2) is 6.41. The third-order valence-corrected chi connectivity index (χ3v) is 3.66. The lowest BCUT2D eigenvalue weighted by atomic mass is 10.1. The quantitative estimate of drug-likeness (QED) is 0.877. The van der Waals surface area contributed by atoms with Crippen LogP contribution in [0.1, 0.15) is 35.2 Å². The van der Waals surface area contributed by atoms with E-state index in [1.165, 1.54) is 12.5 Å². The lowest BCUT2D eigenvalue weighted by Gasteiger charge is -2.26. The highest BCUT2D eigenvalue weighted by Gasteiger charge is 2.18. The monoisotopic (exact) mass is 276 g/mol. The molecule has 1 fully saturated rings. The Kier molecular flexibility index (Phi) is 4.61. The Hall–Kier alpha value is -2.04. The maximum Gasteiger partial charge on any atom is 0.252 e. The van der Waals surface area contributed by atoms with Crippen LogP contribution in [0.4, 0.5) is 0 Å². The Balaban J connectivity index is 1.91. The molecule has 1 aliphatic heterocycles. The molecule has 1 aromatic carbocycles. The summed E-state index contributed by atoms with van der Waals surface area (Å²) in [6.45, 7) is 3.24. The maximum absolute atomic E-state index is 12.0. The predicted octanol–water partition coefficient (Wildman–Crippen LogP) is 1.44. The smallest absolute Gasteiger partial charge is 0.252 e. The zero-order valence-electron chi connectivity index (χ0n) is 11.7. The number of nitrogens with zero attached hydrogens (tertiary/aromatic N) is 1. The fourth-order valence-electron chi connectivity index (χ4n) is 2.38. The van der Waals surface area contributed by atoms with Gasteiger partial charge in [-0.2, -0.15) is 0 Å². The summed E-state index contributed by atoms with van der Waals surface area (Å²) < 4.78 is 0. The van der Waals surface area contributed by atoms with Gasteiger partial charge in [0.2, 0.25) is 5.91 Å². The van der Waals surface area contributed by atoms with E-state index in [9.17, 15) is 14.7 Å². The van der Waals surface area contributed by atoms with Gasteiger partial charge < -0.3 is 15.3 Å². The largest absolute Gasteiger partial charge is 0.508 e. The first-order valence-corrected chi connectivity index (χ1v) is 6.94. The van der Waals surface area contributed by atoms with Crippen LogP contribution in [0.3, 0.4) is 0 Å². The molecular formula is C15H20N2O3. The summed E-state index contributed by atoms with van der Waals surface area (Å²) in [4.78, 5) is 25.8. The van der Waals surface area contributed by atoms with Crippen molar-refractivity contribution in [1.82, 2.24) is 10.2 Å². The minimum atomic E-state index is -0.330. The molecule has 5 heteroatoms. The molecule has 0 unspecified atom stereocenters. The second-order valence-corrected chi connectivity index (χ2v) is 5.07. The minimum absolute atomic E-state index is 0.00787. The number of benzene rings is 1. The number of phenolic OH excluding ortho intramolecular Hbond substituents is 1. The number of piperidine rings is 1. The van der Waals surface area contributed by atoms with Gasteiger partial charge in [-0.1, -0.05) is 6.07 Å². The standard InChI is InChI=1S/C15H20N2O3/c1-11-12(6-5-7-13(11)18)15(20)16-10-14(19)17-8-3-2-4-9-17/h5-7,18H,2-4,8-10H2,1H3,(H,16,20). The highest BCUT2D eigenvalue weighted by atomic mass is 16.3. The number of carbonyl (C=O) groups is 2. The van der Waals surface area contributed by atoms with E-state index in [2.05, 4.69) is 5.32 Å². The van der Waals surface area contributed by atoms with Crippen molar-refractivity contribution in [3.05, 3.63) is 29.3 Å². The summed E-state index contributed by atoms with van der Waals surface area (Å²) in [5.74, 6) is -0.292. The molecule has 0 bridgehead atoms. The van der Waals surface area contributed by atoms with Gasteiger partial charge in [-0.05, 0) is 38.3 Å². The second-order valence-electron chi connectivity index (χ2n) is 5.07. The summed E-state index contributed by atoms with van der Waals surface area (Å²) in [7, 11) is 0. The number of phenols is 1. The van der Waals surface area contributed by atoms with Crippen molar-refractivity contribution in [2.24, 2.45) is 0 Å². The van der Waals surface area contributed by atoms with Crippen molar-refractivity contribution in [1.29, 1.82) is 0 Å². The van der Waals surface area contributed by atoms with Gasteiger partial charge >= 0.3 is 0 Å². The molecule has 108 valence electrons. The third-order valence-electron chi connectivity index (χ3n) is 3.66. The van der Waals surface area contributed by atoms with E-state index in [1.807, 2.05) is 0 Å². The van der Waals surface area contributed by atoms with Crippen LogP contribution in [0.2, 0.25) is 0 Å². The van der Waals surface area contributed by atoms with Gasteiger partial charge in [0.15, 0.2) is 0 Å². The fourth-order valence-corrected chi connectivity index (χ4v) is 2.38. The number of hydrogen-bond donors (Lipinski definition) is 2. The molecule has 1 heterocycles. The van der Waals surface area contributed by atoms with Crippen LogP contribution in [-0.2, 0) is 4.79 Å². The SMILES string of the molecule is Cc1c(O)cccc1C(=O)NCC(=O)N1CCCCC1. The van der Waals surface area contributed by atoms with Crippen molar-refractivity contribution in [3.63, 3.8) is 0 Å². The first-order chi connectivity index (χ1) is 9.59. The molecule has 0 aliphatic carbocycles. The molecule has 2 amide bonds. The van der Waals surface area contributed by atoms with Crippen LogP contribution < -0.4 is 5.32 Å². The van der Waals surface area contributed by atoms with E-state index in [4.69, 9.17) is 0 Å². The molecule has 0 saturated carbocycles. The molecule has 1 aromatic rings. The van der Waals surface area contributed by atoms with Crippen molar-refractivity contribution in [2.45, 2.75) is 26.2 Å². The summed E-state index contributed by atoms with van der Waals surface area (Å²) in [6, 6.07) is 4.78. The molecule has 1 saturated heterocycles. The molecule has 0 atom stereocenters.